The molecule has 0 fully saturated rings. The van der Waals surface area contributed by atoms with Crippen molar-refractivity contribution in [3.8, 4) is 5.75 Å². The van der Waals surface area contributed by atoms with E-state index in [1.54, 1.807) is 24.3 Å². The molecular formula is C9H10BrClNO3PS. The second-order valence-electron chi connectivity index (χ2n) is 3.21. The summed E-state index contributed by atoms with van der Waals surface area (Å²) in [6, 6.07) is 6.10. The van der Waals surface area contributed by atoms with Gasteiger partial charge in [-0.1, -0.05) is 15.9 Å². The molecule has 4 nitrogen and oxygen atoms in total. The predicted molar refractivity (Wildman–Crippen MR) is 75.1 cm³/mol. The molecule has 0 radical (unpaired) electrons. The van der Waals surface area contributed by atoms with E-state index < -0.39 is 17.8 Å². The van der Waals surface area contributed by atoms with Crippen LogP contribution in [0, 0.1) is 0 Å². The molecule has 2 atom stereocenters. The second-order valence-corrected chi connectivity index (χ2v) is 9.10. The summed E-state index contributed by atoms with van der Waals surface area (Å²) in [5, 5.41) is 11.3. The molecule has 0 heterocycles. The average Bonchev–Trinajstić information content (AvgIpc) is 2.20. The molecule has 0 aromatic heterocycles. The second kappa shape index (κ2) is 6.16. The summed E-state index contributed by atoms with van der Waals surface area (Å²) in [4.78, 5) is 10.7. The topological polar surface area (TPSA) is 58.6 Å². The van der Waals surface area contributed by atoms with Crippen molar-refractivity contribution in [1.29, 1.82) is 0 Å². The summed E-state index contributed by atoms with van der Waals surface area (Å²) in [5.41, 5.74) is 0. The lowest BCUT2D eigenvalue weighted by molar-refractivity contribution is -0.138. The molecule has 1 rings (SSSR count). The van der Waals surface area contributed by atoms with Gasteiger partial charge in [0, 0.05) is 4.47 Å². The van der Waals surface area contributed by atoms with Crippen LogP contribution in [0.2, 0.25) is 0 Å². The fraction of sp³-hybridized carbons (Fsp3) is 0.222. The van der Waals surface area contributed by atoms with Gasteiger partial charge in [0.15, 0.2) is 0 Å². The third-order valence-electron chi connectivity index (χ3n) is 1.75. The lowest BCUT2D eigenvalue weighted by atomic mass is 10.3. The molecule has 1 aromatic carbocycles. The SMILES string of the molecule is CC(NP(=S)(Cl)Oc1ccc(Br)cc1)C(=O)O. The van der Waals surface area contributed by atoms with Gasteiger partial charge in [-0.05, 0) is 54.2 Å². The molecule has 8 heteroatoms. The summed E-state index contributed by atoms with van der Waals surface area (Å²) in [5.74, 6) is -3.41. The Kier molecular flexibility index (Phi) is 5.41. The number of carbonyl (C=O) groups is 1. The molecule has 1 aromatic rings. The Bertz CT molecular complexity index is 456. The molecule has 0 aliphatic heterocycles. The van der Waals surface area contributed by atoms with E-state index in [1.165, 1.54) is 6.92 Å². The van der Waals surface area contributed by atoms with Crippen LogP contribution in [-0.2, 0) is 16.6 Å². The number of halogens is 2. The fourth-order valence-electron chi connectivity index (χ4n) is 0.944. The van der Waals surface area contributed by atoms with Crippen molar-refractivity contribution < 1.29 is 14.4 Å². The van der Waals surface area contributed by atoms with Crippen molar-refractivity contribution in [2.75, 3.05) is 0 Å². The van der Waals surface area contributed by atoms with Crippen LogP contribution in [0.5, 0.6) is 5.75 Å². The molecule has 0 saturated carbocycles. The highest BCUT2D eigenvalue weighted by atomic mass is 79.9. The van der Waals surface area contributed by atoms with E-state index in [2.05, 4.69) is 21.0 Å². The van der Waals surface area contributed by atoms with E-state index in [4.69, 9.17) is 32.7 Å². The zero-order chi connectivity index (χ0) is 13.1. The van der Waals surface area contributed by atoms with Crippen LogP contribution >= 0.6 is 32.9 Å². The van der Waals surface area contributed by atoms with Crippen molar-refractivity contribution in [1.82, 2.24) is 5.09 Å². The highest BCUT2D eigenvalue weighted by Gasteiger charge is 2.22. The predicted octanol–water partition coefficient (Wildman–Crippen LogP) is 3.35. The Labute approximate surface area is 117 Å². The van der Waals surface area contributed by atoms with Gasteiger partial charge in [0.05, 0.1) is 0 Å². The quantitative estimate of drug-likeness (QED) is 0.791. The summed E-state index contributed by atoms with van der Waals surface area (Å²) >= 11 is 14.3. The zero-order valence-electron chi connectivity index (χ0n) is 8.76. The van der Waals surface area contributed by atoms with Crippen molar-refractivity contribution >= 4 is 50.7 Å². The maximum atomic E-state index is 10.7. The smallest absolute Gasteiger partial charge is 0.320 e. The summed E-state index contributed by atoms with van der Waals surface area (Å²) in [7, 11) is 0. The van der Waals surface area contributed by atoms with Gasteiger partial charge in [0.1, 0.15) is 11.8 Å². The lowest BCUT2D eigenvalue weighted by Crippen LogP contribution is -2.31. The Balaban J connectivity index is 2.69. The minimum absolute atomic E-state index is 0.497. The van der Waals surface area contributed by atoms with Crippen molar-refractivity contribution in [2.45, 2.75) is 13.0 Å². The van der Waals surface area contributed by atoms with Crippen LogP contribution in [0.4, 0.5) is 0 Å². The molecule has 2 N–H and O–H groups in total. The van der Waals surface area contributed by atoms with Crippen LogP contribution in [0.25, 0.3) is 0 Å². The van der Waals surface area contributed by atoms with E-state index in [-0.39, 0.29) is 0 Å². The third kappa shape index (κ3) is 5.36. The summed E-state index contributed by atoms with van der Waals surface area (Å²) in [6.45, 7) is 1.46. The van der Waals surface area contributed by atoms with Gasteiger partial charge in [0.2, 0.25) is 0 Å². The lowest BCUT2D eigenvalue weighted by Gasteiger charge is -2.19. The van der Waals surface area contributed by atoms with E-state index in [0.717, 1.165) is 4.47 Å². The monoisotopic (exact) mass is 357 g/mol. The number of rotatable bonds is 5. The Morgan fingerprint density at radius 2 is 2.12 bits per heavy atom. The van der Waals surface area contributed by atoms with Crippen LogP contribution in [0.1, 0.15) is 6.92 Å². The number of benzene rings is 1. The number of carboxylic acid groups (broad SMARTS) is 1. The van der Waals surface area contributed by atoms with Gasteiger partial charge in [-0.15, -0.1) is 0 Å². The fourth-order valence-corrected chi connectivity index (χ4v) is 3.64. The van der Waals surface area contributed by atoms with Crippen LogP contribution in [0.3, 0.4) is 0 Å². The first-order valence-electron chi connectivity index (χ1n) is 4.55. The summed E-state index contributed by atoms with van der Waals surface area (Å²) < 4.78 is 6.28. The standard InChI is InChI=1S/C9H10BrClNO3PS/c1-6(9(13)14)12-16(11,17)15-8-4-2-7(10)3-5-8/h2-6H,1H3,(H,12,17)(H,13,14). The maximum absolute atomic E-state index is 10.7. The van der Waals surface area contributed by atoms with E-state index >= 15 is 0 Å². The first-order chi connectivity index (χ1) is 7.80. The highest BCUT2D eigenvalue weighted by Crippen LogP contribution is 2.49. The Hall–Kier alpha value is -0.130. The molecule has 0 bridgehead atoms. The van der Waals surface area contributed by atoms with Crippen LogP contribution < -0.4 is 9.61 Å². The van der Waals surface area contributed by atoms with Gasteiger partial charge in [0.25, 0.3) is 5.77 Å². The summed E-state index contributed by atoms with van der Waals surface area (Å²) in [6.07, 6.45) is 0. The normalized spacial score (nSPS) is 15.9. The van der Waals surface area contributed by atoms with Gasteiger partial charge in [-0.3, -0.25) is 4.79 Å². The number of hydrogen-bond acceptors (Lipinski definition) is 3. The van der Waals surface area contributed by atoms with Crippen molar-refractivity contribution in [3.05, 3.63) is 28.7 Å². The molecule has 0 saturated heterocycles. The number of hydrogen-bond donors (Lipinski definition) is 2. The first-order valence-corrected chi connectivity index (χ1v) is 8.97. The minimum atomic E-state index is -2.88. The minimum Gasteiger partial charge on any atom is -0.480 e. The molecule has 94 valence electrons. The number of carboxylic acids is 1. The Morgan fingerprint density at radius 3 is 2.59 bits per heavy atom. The molecule has 2 unspecified atom stereocenters. The molecule has 0 aliphatic carbocycles. The number of nitrogens with one attached hydrogen (secondary N) is 1. The van der Waals surface area contributed by atoms with Crippen LogP contribution in [0.15, 0.2) is 28.7 Å². The molecule has 0 amide bonds. The third-order valence-corrected chi connectivity index (χ3v) is 4.46. The molecule has 0 aliphatic rings. The van der Waals surface area contributed by atoms with Gasteiger partial charge >= 0.3 is 5.97 Å². The van der Waals surface area contributed by atoms with E-state index in [9.17, 15) is 4.79 Å². The maximum Gasteiger partial charge on any atom is 0.320 e. The molecule has 17 heavy (non-hydrogen) atoms. The molecular weight excluding hydrogens is 349 g/mol. The van der Waals surface area contributed by atoms with Gasteiger partial charge < -0.3 is 9.63 Å². The van der Waals surface area contributed by atoms with Gasteiger partial charge in [-0.25, -0.2) is 5.09 Å². The highest BCUT2D eigenvalue weighted by molar-refractivity contribution is 9.10. The average molecular weight is 359 g/mol. The number of aliphatic carboxylic acids is 1. The largest absolute Gasteiger partial charge is 0.480 e. The zero-order valence-corrected chi connectivity index (χ0v) is 12.8. The van der Waals surface area contributed by atoms with Gasteiger partial charge in [-0.2, -0.15) is 0 Å². The van der Waals surface area contributed by atoms with Crippen LogP contribution in [-0.4, -0.2) is 17.1 Å². The Morgan fingerprint density at radius 1 is 1.59 bits per heavy atom. The first kappa shape index (κ1) is 14.9. The molecule has 0 spiro atoms. The van der Waals surface area contributed by atoms with Crippen molar-refractivity contribution in [2.24, 2.45) is 0 Å². The van der Waals surface area contributed by atoms with Crippen molar-refractivity contribution in [3.63, 3.8) is 0 Å². The van der Waals surface area contributed by atoms with E-state index in [0.29, 0.717) is 5.75 Å². The van der Waals surface area contributed by atoms with E-state index in [1.807, 2.05) is 0 Å².